The summed E-state index contributed by atoms with van der Waals surface area (Å²) < 4.78 is 5.44. The maximum atomic E-state index is 12.1. The Morgan fingerprint density at radius 3 is 2.43 bits per heavy atom. The summed E-state index contributed by atoms with van der Waals surface area (Å²) in [6.45, 7) is 13.5. The summed E-state index contributed by atoms with van der Waals surface area (Å²) in [6, 6.07) is 0.670. The number of hydrogen-bond acceptors (Lipinski definition) is 5. The van der Waals surface area contributed by atoms with E-state index in [0.717, 1.165) is 36.6 Å². The molecule has 0 saturated carbocycles. The lowest BCUT2D eigenvalue weighted by molar-refractivity contribution is 0.0196. The molecule has 0 bridgehead atoms. The number of amides is 1. The highest BCUT2D eigenvalue weighted by atomic mass is 32.1. The number of rotatable bonds is 3. The molecule has 1 fully saturated rings. The van der Waals surface area contributed by atoms with Gasteiger partial charge >= 0.3 is 6.09 Å². The predicted molar refractivity (Wildman–Crippen MR) is 94.0 cm³/mol. The molecule has 2 heterocycles. The number of aryl methyl sites for hydroxylation is 2. The maximum Gasteiger partial charge on any atom is 0.410 e. The maximum absolute atomic E-state index is 12.1. The Bertz CT molecular complexity index is 543. The molecule has 23 heavy (non-hydrogen) atoms. The van der Waals surface area contributed by atoms with Crippen LogP contribution in [0.15, 0.2) is 0 Å². The quantitative estimate of drug-likeness (QED) is 0.910. The molecule has 1 aromatic heterocycles. The van der Waals surface area contributed by atoms with E-state index in [2.05, 4.69) is 24.1 Å². The summed E-state index contributed by atoms with van der Waals surface area (Å²) in [7, 11) is 0. The zero-order chi connectivity index (χ0) is 17.2. The van der Waals surface area contributed by atoms with E-state index in [9.17, 15) is 4.79 Å². The summed E-state index contributed by atoms with van der Waals surface area (Å²) in [5, 5.41) is 4.78. The number of hydrogen-bond donors (Lipinski definition) is 1. The highest BCUT2D eigenvalue weighted by molar-refractivity contribution is 7.11. The number of thiazole rings is 1. The van der Waals surface area contributed by atoms with E-state index >= 15 is 0 Å². The third kappa shape index (κ3) is 5.18. The van der Waals surface area contributed by atoms with Gasteiger partial charge in [0.05, 0.1) is 10.7 Å². The molecule has 1 aromatic rings. The first-order valence-corrected chi connectivity index (χ1v) is 9.15. The van der Waals surface area contributed by atoms with Crippen molar-refractivity contribution in [3.63, 3.8) is 0 Å². The second kappa shape index (κ2) is 7.18. The molecule has 2 rings (SSSR count). The topological polar surface area (TPSA) is 54.5 Å². The Morgan fingerprint density at radius 2 is 1.96 bits per heavy atom. The van der Waals surface area contributed by atoms with Crippen molar-refractivity contribution in [1.82, 2.24) is 15.2 Å². The van der Waals surface area contributed by atoms with Crippen LogP contribution in [0.3, 0.4) is 0 Å². The molecule has 0 radical (unpaired) electrons. The van der Waals surface area contributed by atoms with Crippen molar-refractivity contribution in [2.45, 2.75) is 72.1 Å². The minimum absolute atomic E-state index is 0.199. The Balaban J connectivity index is 1.83. The molecule has 1 saturated heterocycles. The van der Waals surface area contributed by atoms with Crippen LogP contribution in [0, 0.1) is 13.8 Å². The third-order valence-electron chi connectivity index (χ3n) is 3.98. The van der Waals surface area contributed by atoms with Crippen molar-refractivity contribution in [3.8, 4) is 0 Å². The third-order valence-corrected chi connectivity index (χ3v) is 4.88. The number of ether oxygens (including phenoxy) is 1. The molecule has 0 spiro atoms. The Morgan fingerprint density at radius 1 is 1.35 bits per heavy atom. The lowest BCUT2D eigenvalue weighted by atomic mass is 10.0. The van der Waals surface area contributed by atoms with E-state index in [1.54, 1.807) is 11.3 Å². The van der Waals surface area contributed by atoms with Gasteiger partial charge in [-0.1, -0.05) is 0 Å². The summed E-state index contributed by atoms with van der Waals surface area (Å²) in [4.78, 5) is 19.8. The average molecular weight is 340 g/mol. The number of nitrogens with one attached hydrogen (secondary N) is 1. The Hall–Kier alpha value is -1.14. The molecular weight excluding hydrogens is 310 g/mol. The van der Waals surface area contributed by atoms with Gasteiger partial charge in [-0.3, -0.25) is 0 Å². The zero-order valence-corrected chi connectivity index (χ0v) is 15.9. The van der Waals surface area contributed by atoms with Gasteiger partial charge < -0.3 is 15.0 Å². The number of nitrogens with zero attached hydrogens (tertiary/aromatic N) is 2. The van der Waals surface area contributed by atoms with E-state index < -0.39 is 5.60 Å². The normalized spacial score (nSPS) is 18.1. The molecule has 6 heteroatoms. The summed E-state index contributed by atoms with van der Waals surface area (Å²) in [5.41, 5.74) is 0.725. The van der Waals surface area contributed by atoms with Gasteiger partial charge in [0.15, 0.2) is 0 Å². The molecule has 1 aliphatic rings. The van der Waals surface area contributed by atoms with E-state index in [-0.39, 0.29) is 12.1 Å². The SMILES string of the molecule is Cc1nc(C(C)NC2CCN(C(=O)OC(C)(C)C)CC2)c(C)s1. The van der Waals surface area contributed by atoms with Gasteiger partial charge in [0.1, 0.15) is 5.60 Å². The number of piperidine rings is 1. The van der Waals surface area contributed by atoms with Crippen LogP contribution >= 0.6 is 11.3 Å². The van der Waals surface area contributed by atoms with E-state index in [0.29, 0.717) is 6.04 Å². The van der Waals surface area contributed by atoms with Crippen molar-refractivity contribution in [3.05, 3.63) is 15.6 Å². The Labute approximate surface area is 143 Å². The van der Waals surface area contributed by atoms with E-state index in [1.807, 2.05) is 32.6 Å². The van der Waals surface area contributed by atoms with Gasteiger partial charge in [-0.2, -0.15) is 0 Å². The van der Waals surface area contributed by atoms with Crippen LogP contribution in [-0.4, -0.2) is 40.7 Å². The lowest BCUT2D eigenvalue weighted by Crippen LogP contribution is -2.47. The van der Waals surface area contributed by atoms with Crippen LogP contribution in [-0.2, 0) is 4.74 Å². The van der Waals surface area contributed by atoms with Crippen molar-refractivity contribution in [1.29, 1.82) is 0 Å². The molecular formula is C17H29N3O2S. The van der Waals surface area contributed by atoms with E-state index in [1.165, 1.54) is 4.88 Å². The minimum Gasteiger partial charge on any atom is -0.444 e. The van der Waals surface area contributed by atoms with Crippen LogP contribution in [0.2, 0.25) is 0 Å². The molecule has 0 aromatic carbocycles. The predicted octanol–water partition coefficient (Wildman–Crippen LogP) is 3.81. The number of likely N-dealkylation sites (tertiary alicyclic amines) is 1. The average Bonchev–Trinajstić information content (AvgIpc) is 2.76. The van der Waals surface area contributed by atoms with Crippen LogP contribution in [0.1, 0.15) is 62.2 Å². The second-order valence-corrected chi connectivity index (χ2v) is 8.71. The fraction of sp³-hybridized carbons (Fsp3) is 0.765. The van der Waals surface area contributed by atoms with Crippen molar-refractivity contribution in [2.75, 3.05) is 13.1 Å². The summed E-state index contributed by atoms with van der Waals surface area (Å²) >= 11 is 1.75. The molecule has 1 N–H and O–H groups in total. The van der Waals surface area contributed by atoms with Gasteiger partial charge in [0, 0.05) is 30.1 Å². The van der Waals surface area contributed by atoms with Crippen LogP contribution in [0.5, 0.6) is 0 Å². The van der Waals surface area contributed by atoms with E-state index in [4.69, 9.17) is 4.74 Å². The largest absolute Gasteiger partial charge is 0.444 e. The smallest absolute Gasteiger partial charge is 0.410 e. The Kier molecular flexibility index (Phi) is 5.68. The zero-order valence-electron chi connectivity index (χ0n) is 15.1. The highest BCUT2D eigenvalue weighted by Crippen LogP contribution is 2.24. The fourth-order valence-electron chi connectivity index (χ4n) is 2.93. The lowest BCUT2D eigenvalue weighted by Gasteiger charge is -2.34. The van der Waals surface area contributed by atoms with Crippen LogP contribution < -0.4 is 5.32 Å². The molecule has 5 nitrogen and oxygen atoms in total. The van der Waals surface area contributed by atoms with Crippen LogP contribution in [0.25, 0.3) is 0 Å². The van der Waals surface area contributed by atoms with Crippen molar-refractivity contribution >= 4 is 17.4 Å². The molecule has 130 valence electrons. The summed E-state index contributed by atoms with van der Waals surface area (Å²) in [5.74, 6) is 0. The van der Waals surface area contributed by atoms with Gasteiger partial charge in [-0.15, -0.1) is 11.3 Å². The monoisotopic (exact) mass is 339 g/mol. The highest BCUT2D eigenvalue weighted by Gasteiger charge is 2.27. The molecule has 1 amide bonds. The number of aromatic nitrogens is 1. The minimum atomic E-state index is -0.430. The fourth-order valence-corrected chi connectivity index (χ4v) is 3.85. The molecule has 1 unspecified atom stereocenters. The van der Waals surface area contributed by atoms with Crippen LogP contribution in [0.4, 0.5) is 4.79 Å². The van der Waals surface area contributed by atoms with Gasteiger partial charge in [0.25, 0.3) is 0 Å². The molecule has 1 aliphatic heterocycles. The van der Waals surface area contributed by atoms with Crippen molar-refractivity contribution < 1.29 is 9.53 Å². The van der Waals surface area contributed by atoms with Crippen molar-refractivity contribution in [2.24, 2.45) is 0 Å². The first kappa shape index (κ1) is 18.2. The molecule has 1 atom stereocenters. The number of carbonyl (C=O) groups is 1. The molecule has 0 aliphatic carbocycles. The standard InChI is InChI=1S/C17H29N3O2S/c1-11(15-12(2)23-13(3)19-15)18-14-7-9-20(10-8-14)16(21)22-17(4,5)6/h11,14,18H,7-10H2,1-6H3. The number of carbonyl (C=O) groups excluding carboxylic acids is 1. The first-order valence-electron chi connectivity index (χ1n) is 8.33. The van der Waals surface area contributed by atoms with Gasteiger partial charge in [-0.05, 0) is 54.4 Å². The van der Waals surface area contributed by atoms with Gasteiger partial charge in [0.2, 0.25) is 0 Å². The first-order chi connectivity index (χ1) is 10.7. The summed E-state index contributed by atoms with van der Waals surface area (Å²) in [6.07, 6.45) is 1.70. The van der Waals surface area contributed by atoms with Gasteiger partial charge in [-0.25, -0.2) is 9.78 Å². The second-order valence-electron chi connectivity index (χ2n) is 7.30.